The summed E-state index contributed by atoms with van der Waals surface area (Å²) in [6.07, 6.45) is 3.02. The van der Waals surface area contributed by atoms with Crippen molar-refractivity contribution in [2.45, 2.75) is 52.1 Å². The van der Waals surface area contributed by atoms with Gasteiger partial charge in [-0.05, 0) is 6.42 Å². The highest BCUT2D eigenvalue weighted by Gasteiger charge is 2.36. The fourth-order valence-corrected chi connectivity index (χ4v) is 1.96. The van der Waals surface area contributed by atoms with Crippen LogP contribution in [0.4, 0.5) is 0 Å². The highest BCUT2D eigenvalue weighted by molar-refractivity contribution is 5.71. The summed E-state index contributed by atoms with van der Waals surface area (Å²) < 4.78 is 0. The number of carboxylic acid groups (broad SMARTS) is 1. The van der Waals surface area contributed by atoms with Gasteiger partial charge in [0.05, 0.1) is 6.04 Å². The van der Waals surface area contributed by atoms with Gasteiger partial charge in [0.2, 0.25) is 0 Å². The lowest BCUT2D eigenvalue weighted by Crippen LogP contribution is -3.00. The van der Waals surface area contributed by atoms with E-state index in [-0.39, 0.29) is 23.9 Å². The van der Waals surface area contributed by atoms with Crippen LogP contribution in [0.5, 0.6) is 0 Å². The van der Waals surface area contributed by atoms with Crippen LogP contribution in [0.15, 0.2) is 0 Å². The van der Waals surface area contributed by atoms with Gasteiger partial charge in [0, 0.05) is 18.3 Å². The van der Waals surface area contributed by atoms with E-state index in [4.69, 9.17) is 5.11 Å². The molecule has 0 aromatic rings. The Hall–Kier alpha value is -0.280. The van der Waals surface area contributed by atoms with E-state index in [1.807, 2.05) is 5.32 Å². The van der Waals surface area contributed by atoms with Crippen LogP contribution in [0.3, 0.4) is 0 Å². The Morgan fingerprint density at radius 3 is 2.36 bits per heavy atom. The second-order valence-electron chi connectivity index (χ2n) is 5.04. The highest BCUT2D eigenvalue weighted by Crippen LogP contribution is 2.23. The lowest BCUT2D eigenvalue weighted by atomic mass is 9.80. The van der Waals surface area contributed by atoms with Gasteiger partial charge in [-0.2, -0.15) is 0 Å². The number of carbonyl (C=O) groups is 1. The molecule has 1 aliphatic rings. The number of hydrogen-bond donors (Lipinski definition) is 2. The fraction of sp³-hybridized carbons (Fsp3) is 0.900. The maximum absolute atomic E-state index is 10.8. The lowest BCUT2D eigenvalue weighted by molar-refractivity contribution is -0.730. The Labute approximate surface area is 91.7 Å². The predicted octanol–water partition coefficient (Wildman–Crippen LogP) is -2.39. The third-order valence-electron chi connectivity index (χ3n) is 2.92. The van der Waals surface area contributed by atoms with E-state index in [1.165, 1.54) is 0 Å². The van der Waals surface area contributed by atoms with E-state index in [0.717, 1.165) is 19.3 Å². The van der Waals surface area contributed by atoms with Crippen LogP contribution in [0.1, 0.15) is 40.0 Å². The summed E-state index contributed by atoms with van der Waals surface area (Å²) in [5, 5.41) is 10.9. The Bertz CT molecular complexity index is 201. The second-order valence-corrected chi connectivity index (χ2v) is 5.04. The molecule has 0 aliphatic carbocycles. The Balaban J connectivity index is 0.00000169. The van der Waals surface area contributed by atoms with Crippen molar-refractivity contribution in [1.29, 1.82) is 0 Å². The summed E-state index contributed by atoms with van der Waals surface area (Å²) in [6, 6.07) is 0.250. The Morgan fingerprint density at radius 1 is 1.36 bits per heavy atom. The average Bonchev–Trinajstić information content (AvgIpc) is 2.03. The summed E-state index contributed by atoms with van der Waals surface area (Å²) in [6.45, 7) is 6.54. The molecule has 1 saturated heterocycles. The van der Waals surface area contributed by atoms with Crippen LogP contribution < -0.4 is 17.7 Å². The monoisotopic (exact) mass is 221 g/mol. The number of hydrogen-bond acceptors (Lipinski definition) is 1. The maximum atomic E-state index is 10.8. The minimum Gasteiger partial charge on any atom is -1.00 e. The van der Waals surface area contributed by atoms with E-state index >= 15 is 0 Å². The van der Waals surface area contributed by atoms with Crippen molar-refractivity contribution in [3.63, 3.8) is 0 Å². The zero-order chi connectivity index (χ0) is 10.1. The van der Waals surface area contributed by atoms with Crippen LogP contribution in [-0.2, 0) is 4.79 Å². The Morgan fingerprint density at radius 2 is 1.93 bits per heavy atom. The molecule has 0 aromatic heterocycles. The number of piperidine rings is 1. The van der Waals surface area contributed by atoms with Crippen molar-refractivity contribution in [1.82, 2.24) is 0 Å². The molecule has 0 spiro atoms. The van der Waals surface area contributed by atoms with Crippen molar-refractivity contribution >= 4 is 5.97 Å². The molecule has 1 heterocycles. The first kappa shape index (κ1) is 13.7. The van der Waals surface area contributed by atoms with E-state index in [1.54, 1.807) is 0 Å². The SMILES string of the molecule is CC(C)(C)[C@H]1CCC[C@@H](C(=O)O)[NH2+]1.[Cl-]. The third-order valence-corrected chi connectivity index (χ3v) is 2.92. The van der Waals surface area contributed by atoms with Gasteiger partial charge in [0.15, 0.2) is 6.04 Å². The molecule has 0 bridgehead atoms. The summed E-state index contributed by atoms with van der Waals surface area (Å²) in [5.74, 6) is -0.658. The molecular formula is C10H20ClNO2. The summed E-state index contributed by atoms with van der Waals surface area (Å²) in [5.41, 5.74) is 0.216. The average molecular weight is 222 g/mol. The summed E-state index contributed by atoms with van der Waals surface area (Å²) >= 11 is 0. The molecule has 14 heavy (non-hydrogen) atoms. The van der Waals surface area contributed by atoms with Gasteiger partial charge >= 0.3 is 5.97 Å². The molecule has 4 heteroatoms. The molecule has 2 atom stereocenters. The number of nitrogens with two attached hydrogens (primary N) is 1. The number of rotatable bonds is 1. The topological polar surface area (TPSA) is 53.9 Å². The molecule has 0 saturated carbocycles. The van der Waals surface area contributed by atoms with Gasteiger partial charge in [-0.25, -0.2) is 4.79 Å². The van der Waals surface area contributed by atoms with Crippen molar-refractivity contribution in [3.05, 3.63) is 0 Å². The van der Waals surface area contributed by atoms with E-state index in [2.05, 4.69) is 20.8 Å². The number of halogens is 1. The molecule has 1 aliphatic heterocycles. The van der Waals surface area contributed by atoms with Gasteiger partial charge in [-0.1, -0.05) is 20.8 Å². The maximum Gasteiger partial charge on any atom is 0.362 e. The van der Waals surface area contributed by atoms with Crippen molar-refractivity contribution in [2.75, 3.05) is 0 Å². The normalized spacial score (nSPS) is 27.9. The minimum absolute atomic E-state index is 0. The van der Waals surface area contributed by atoms with Crippen molar-refractivity contribution in [2.24, 2.45) is 5.41 Å². The first-order chi connectivity index (χ1) is 5.91. The van der Waals surface area contributed by atoms with Crippen LogP contribution in [-0.4, -0.2) is 23.2 Å². The van der Waals surface area contributed by atoms with E-state index in [0.29, 0.717) is 6.04 Å². The molecule has 0 radical (unpaired) electrons. The standard InChI is InChI=1S/C10H19NO2.ClH/c1-10(2,3)8-6-4-5-7(11-8)9(12)13;/h7-8,11H,4-6H2,1-3H3,(H,12,13);1H/t7-,8+;/m0./s1. The van der Waals surface area contributed by atoms with Gasteiger partial charge < -0.3 is 22.8 Å². The molecule has 84 valence electrons. The van der Waals surface area contributed by atoms with E-state index < -0.39 is 5.97 Å². The fourth-order valence-electron chi connectivity index (χ4n) is 1.96. The molecule has 3 nitrogen and oxygen atoms in total. The number of aliphatic carboxylic acids is 1. The predicted molar refractivity (Wildman–Crippen MR) is 50.4 cm³/mol. The van der Waals surface area contributed by atoms with Crippen molar-refractivity contribution < 1.29 is 27.6 Å². The number of carboxylic acids is 1. The zero-order valence-corrected chi connectivity index (χ0v) is 9.84. The summed E-state index contributed by atoms with van der Waals surface area (Å²) in [4.78, 5) is 10.8. The lowest BCUT2D eigenvalue weighted by Gasteiger charge is -2.34. The molecule has 1 fully saturated rings. The quantitative estimate of drug-likeness (QED) is 0.519. The van der Waals surface area contributed by atoms with Crippen molar-refractivity contribution in [3.8, 4) is 0 Å². The largest absolute Gasteiger partial charge is 1.00 e. The number of quaternary nitrogens is 1. The molecule has 0 aromatic carbocycles. The third kappa shape index (κ3) is 3.46. The van der Waals surface area contributed by atoms with Crippen LogP contribution in [0.2, 0.25) is 0 Å². The first-order valence-corrected chi connectivity index (χ1v) is 4.99. The highest BCUT2D eigenvalue weighted by atomic mass is 35.5. The molecule has 3 N–H and O–H groups in total. The Kier molecular flexibility index (Phi) is 4.89. The van der Waals surface area contributed by atoms with Crippen LogP contribution in [0.25, 0.3) is 0 Å². The van der Waals surface area contributed by atoms with Gasteiger partial charge in [-0.15, -0.1) is 0 Å². The second kappa shape index (κ2) is 4.99. The van der Waals surface area contributed by atoms with Crippen LogP contribution in [0, 0.1) is 5.41 Å². The van der Waals surface area contributed by atoms with E-state index in [9.17, 15) is 4.79 Å². The minimum atomic E-state index is -0.658. The summed E-state index contributed by atoms with van der Waals surface area (Å²) in [7, 11) is 0. The molecule has 0 amide bonds. The van der Waals surface area contributed by atoms with Gasteiger partial charge in [0.25, 0.3) is 0 Å². The van der Waals surface area contributed by atoms with Gasteiger partial charge in [-0.3, -0.25) is 0 Å². The molecule has 0 unspecified atom stereocenters. The van der Waals surface area contributed by atoms with Crippen LogP contribution >= 0.6 is 0 Å². The van der Waals surface area contributed by atoms with Gasteiger partial charge in [0.1, 0.15) is 0 Å². The first-order valence-electron chi connectivity index (χ1n) is 4.99. The smallest absolute Gasteiger partial charge is 0.362 e. The molecular weight excluding hydrogens is 202 g/mol. The zero-order valence-electron chi connectivity index (χ0n) is 9.09. The molecule has 1 rings (SSSR count).